The molecule has 0 N–H and O–H groups in total. The van der Waals surface area contributed by atoms with Gasteiger partial charge in [-0.05, 0) is 35.4 Å². The number of rotatable bonds is 2. The number of esters is 1. The summed E-state index contributed by atoms with van der Waals surface area (Å²) in [4.78, 5) is 22.4. The maximum absolute atomic E-state index is 11.4. The molecular formula is C14H12O3. The largest absolute Gasteiger partial charge is 0.465 e. The van der Waals surface area contributed by atoms with E-state index in [0.29, 0.717) is 11.1 Å². The van der Waals surface area contributed by atoms with Gasteiger partial charge in [-0.25, -0.2) is 4.79 Å². The molecule has 0 aliphatic heterocycles. The molecule has 17 heavy (non-hydrogen) atoms. The number of hydrogen-bond donors (Lipinski definition) is 0. The fourth-order valence-electron chi connectivity index (χ4n) is 1.86. The Labute approximate surface area is 99.0 Å². The van der Waals surface area contributed by atoms with Crippen LogP contribution < -0.4 is 0 Å². The zero-order chi connectivity index (χ0) is 12.4. The molecule has 0 aromatic heterocycles. The van der Waals surface area contributed by atoms with E-state index in [2.05, 4.69) is 4.74 Å². The fraction of sp³-hybridized carbons (Fsp3) is 0.143. The summed E-state index contributed by atoms with van der Waals surface area (Å²) >= 11 is 0. The number of methoxy groups -OCH3 is 1. The molecule has 0 bridgehead atoms. The Morgan fingerprint density at radius 3 is 2.65 bits per heavy atom. The molecule has 0 saturated carbocycles. The van der Waals surface area contributed by atoms with Gasteiger partial charge in [-0.2, -0.15) is 0 Å². The molecule has 0 heterocycles. The number of fused-ring (bicyclic) bond motifs is 1. The number of carbonyl (C=O) groups excluding carboxylic acids is 2. The Balaban J connectivity index is 2.69. The molecule has 0 fully saturated rings. The zero-order valence-corrected chi connectivity index (χ0v) is 9.69. The standard InChI is InChI=1S/C14H12O3/c1-9-3-4-10-7-11(14(16)17-2)5-6-12(10)13(9)8-15/h3-8H,1-2H3. The minimum Gasteiger partial charge on any atom is -0.465 e. The van der Waals surface area contributed by atoms with E-state index in [-0.39, 0.29) is 5.97 Å². The van der Waals surface area contributed by atoms with Crippen LogP contribution in [-0.4, -0.2) is 19.4 Å². The first-order valence-corrected chi connectivity index (χ1v) is 5.24. The van der Waals surface area contributed by atoms with Crippen LogP contribution in [-0.2, 0) is 4.74 Å². The summed E-state index contributed by atoms with van der Waals surface area (Å²) in [5.41, 5.74) is 2.08. The van der Waals surface area contributed by atoms with Crippen LogP contribution in [0.2, 0.25) is 0 Å². The number of aryl methyl sites for hydroxylation is 1. The van der Waals surface area contributed by atoms with Crippen LogP contribution in [0, 0.1) is 6.92 Å². The van der Waals surface area contributed by atoms with Crippen molar-refractivity contribution in [1.29, 1.82) is 0 Å². The number of benzene rings is 2. The predicted octanol–water partition coefficient (Wildman–Crippen LogP) is 2.75. The first-order chi connectivity index (χ1) is 8.17. The second kappa shape index (κ2) is 4.37. The third kappa shape index (κ3) is 1.91. The third-order valence-corrected chi connectivity index (χ3v) is 2.82. The molecule has 0 aliphatic carbocycles. The minimum absolute atomic E-state index is 0.375. The fourth-order valence-corrected chi connectivity index (χ4v) is 1.86. The minimum atomic E-state index is -0.375. The van der Waals surface area contributed by atoms with Crippen molar-refractivity contribution in [2.45, 2.75) is 6.92 Å². The van der Waals surface area contributed by atoms with Gasteiger partial charge in [0.15, 0.2) is 6.29 Å². The van der Waals surface area contributed by atoms with Gasteiger partial charge in [0.1, 0.15) is 0 Å². The number of aldehydes is 1. The van der Waals surface area contributed by atoms with Gasteiger partial charge >= 0.3 is 5.97 Å². The highest BCUT2D eigenvalue weighted by Crippen LogP contribution is 2.22. The van der Waals surface area contributed by atoms with Crippen molar-refractivity contribution < 1.29 is 14.3 Å². The van der Waals surface area contributed by atoms with E-state index in [1.807, 2.05) is 19.1 Å². The van der Waals surface area contributed by atoms with Gasteiger partial charge in [-0.3, -0.25) is 4.79 Å². The molecular weight excluding hydrogens is 216 g/mol. The Hall–Kier alpha value is -2.16. The Kier molecular flexibility index (Phi) is 2.91. The summed E-state index contributed by atoms with van der Waals surface area (Å²) in [7, 11) is 1.35. The van der Waals surface area contributed by atoms with E-state index in [1.54, 1.807) is 18.2 Å². The monoisotopic (exact) mass is 228 g/mol. The van der Waals surface area contributed by atoms with Crippen LogP contribution in [0.4, 0.5) is 0 Å². The van der Waals surface area contributed by atoms with Crippen LogP contribution in [0.3, 0.4) is 0 Å². The molecule has 86 valence electrons. The lowest BCUT2D eigenvalue weighted by Crippen LogP contribution is -2.01. The zero-order valence-electron chi connectivity index (χ0n) is 9.69. The molecule has 2 aromatic rings. The molecule has 0 amide bonds. The number of carbonyl (C=O) groups is 2. The Bertz CT molecular complexity index is 600. The third-order valence-electron chi connectivity index (χ3n) is 2.82. The van der Waals surface area contributed by atoms with Crippen LogP contribution >= 0.6 is 0 Å². The maximum atomic E-state index is 11.4. The average molecular weight is 228 g/mol. The quantitative estimate of drug-likeness (QED) is 0.586. The van der Waals surface area contributed by atoms with Crippen LogP contribution in [0.25, 0.3) is 10.8 Å². The molecule has 2 rings (SSSR count). The summed E-state index contributed by atoms with van der Waals surface area (Å²) in [6, 6.07) is 8.93. The van der Waals surface area contributed by atoms with Gasteiger partial charge in [-0.1, -0.05) is 18.2 Å². The topological polar surface area (TPSA) is 43.4 Å². The van der Waals surface area contributed by atoms with Crippen molar-refractivity contribution in [2.24, 2.45) is 0 Å². The normalized spacial score (nSPS) is 10.2. The summed E-state index contributed by atoms with van der Waals surface area (Å²) in [5, 5.41) is 1.72. The van der Waals surface area contributed by atoms with Crippen molar-refractivity contribution in [1.82, 2.24) is 0 Å². The Morgan fingerprint density at radius 1 is 1.24 bits per heavy atom. The summed E-state index contributed by atoms with van der Waals surface area (Å²) < 4.78 is 4.66. The molecule has 3 heteroatoms. The van der Waals surface area contributed by atoms with Gasteiger partial charge in [-0.15, -0.1) is 0 Å². The van der Waals surface area contributed by atoms with Crippen LogP contribution in [0.5, 0.6) is 0 Å². The molecule has 0 spiro atoms. The van der Waals surface area contributed by atoms with Gasteiger partial charge in [0.25, 0.3) is 0 Å². The SMILES string of the molecule is COC(=O)c1ccc2c(C=O)c(C)ccc2c1. The van der Waals surface area contributed by atoms with Crippen LogP contribution in [0.1, 0.15) is 26.3 Å². The highest BCUT2D eigenvalue weighted by molar-refractivity contribution is 6.02. The predicted molar refractivity (Wildman–Crippen MR) is 65.4 cm³/mol. The van der Waals surface area contributed by atoms with E-state index in [9.17, 15) is 9.59 Å². The van der Waals surface area contributed by atoms with Gasteiger partial charge in [0.05, 0.1) is 12.7 Å². The molecule has 0 unspecified atom stereocenters. The van der Waals surface area contributed by atoms with Crippen molar-refractivity contribution in [2.75, 3.05) is 7.11 Å². The number of hydrogen-bond acceptors (Lipinski definition) is 3. The summed E-state index contributed by atoms with van der Waals surface area (Å²) in [5.74, 6) is -0.375. The second-order valence-electron chi connectivity index (χ2n) is 3.84. The lowest BCUT2D eigenvalue weighted by atomic mass is 9.99. The highest BCUT2D eigenvalue weighted by atomic mass is 16.5. The van der Waals surface area contributed by atoms with Gasteiger partial charge in [0.2, 0.25) is 0 Å². The summed E-state index contributed by atoms with van der Waals surface area (Å²) in [6.07, 6.45) is 0.843. The van der Waals surface area contributed by atoms with E-state index in [4.69, 9.17) is 0 Å². The molecule has 0 radical (unpaired) electrons. The highest BCUT2D eigenvalue weighted by Gasteiger charge is 2.08. The first-order valence-electron chi connectivity index (χ1n) is 5.24. The van der Waals surface area contributed by atoms with Gasteiger partial charge < -0.3 is 4.74 Å². The smallest absolute Gasteiger partial charge is 0.337 e. The lowest BCUT2D eigenvalue weighted by Gasteiger charge is -2.06. The van der Waals surface area contributed by atoms with Crippen molar-refractivity contribution in [3.63, 3.8) is 0 Å². The van der Waals surface area contributed by atoms with E-state index in [1.165, 1.54) is 7.11 Å². The van der Waals surface area contributed by atoms with E-state index >= 15 is 0 Å². The molecule has 0 aliphatic rings. The first kappa shape index (κ1) is 11.3. The average Bonchev–Trinajstić information content (AvgIpc) is 2.37. The summed E-state index contributed by atoms with van der Waals surface area (Å²) in [6.45, 7) is 1.89. The van der Waals surface area contributed by atoms with Crippen molar-refractivity contribution in [3.05, 3.63) is 47.0 Å². The van der Waals surface area contributed by atoms with E-state index in [0.717, 1.165) is 22.6 Å². The molecule has 0 saturated heterocycles. The molecule has 3 nitrogen and oxygen atoms in total. The van der Waals surface area contributed by atoms with Crippen LogP contribution in [0.15, 0.2) is 30.3 Å². The Morgan fingerprint density at radius 2 is 2.00 bits per heavy atom. The van der Waals surface area contributed by atoms with E-state index < -0.39 is 0 Å². The lowest BCUT2D eigenvalue weighted by molar-refractivity contribution is 0.0601. The number of ether oxygens (including phenoxy) is 1. The molecule has 0 atom stereocenters. The van der Waals surface area contributed by atoms with Gasteiger partial charge in [0, 0.05) is 5.56 Å². The second-order valence-corrected chi connectivity index (χ2v) is 3.84. The van der Waals surface area contributed by atoms with Crippen molar-refractivity contribution in [3.8, 4) is 0 Å². The maximum Gasteiger partial charge on any atom is 0.337 e. The molecule has 2 aromatic carbocycles. The van der Waals surface area contributed by atoms with Crippen molar-refractivity contribution >= 4 is 23.0 Å².